The van der Waals surface area contributed by atoms with Crippen molar-refractivity contribution in [2.24, 2.45) is 10.7 Å². The molecular weight excluding hydrogens is 530 g/mol. The number of carboxylic acid groups (broad SMARTS) is 1. The van der Waals surface area contributed by atoms with E-state index >= 15 is 0 Å². The van der Waals surface area contributed by atoms with E-state index in [9.17, 15) is 18.3 Å². The number of nitrogen functional groups attached to an aromatic ring is 1. The molecule has 11 heteroatoms. The first-order valence-electron chi connectivity index (χ1n) is 13.6. The first-order chi connectivity index (χ1) is 19.2. The highest BCUT2D eigenvalue weighted by Crippen LogP contribution is 2.26. The summed E-state index contributed by atoms with van der Waals surface area (Å²) in [6.07, 6.45) is 9.83. The minimum absolute atomic E-state index is 0.0639. The van der Waals surface area contributed by atoms with Gasteiger partial charge in [0.15, 0.2) is 5.75 Å². The molecule has 0 bridgehead atoms. The maximum atomic E-state index is 12.9. The third kappa shape index (κ3) is 8.08. The second-order valence-corrected chi connectivity index (χ2v) is 11.9. The number of anilines is 1. The fourth-order valence-corrected chi connectivity index (χ4v) is 6.16. The zero-order valence-corrected chi connectivity index (χ0v) is 23.4. The van der Waals surface area contributed by atoms with Crippen LogP contribution in [0.25, 0.3) is 6.08 Å². The minimum atomic E-state index is -4.14. The van der Waals surface area contributed by atoms with Crippen LogP contribution < -0.4 is 14.8 Å². The number of rotatable bonds is 10. The molecule has 2 aromatic rings. The number of benzene rings is 2. The van der Waals surface area contributed by atoms with Gasteiger partial charge in [0.25, 0.3) is 0 Å². The van der Waals surface area contributed by atoms with Gasteiger partial charge in [-0.3, -0.25) is 19.5 Å². The van der Waals surface area contributed by atoms with E-state index in [1.807, 2.05) is 0 Å². The lowest BCUT2D eigenvalue weighted by Gasteiger charge is -2.34. The smallest absolute Gasteiger partial charge is 0.320 e. The summed E-state index contributed by atoms with van der Waals surface area (Å²) in [5, 5.41) is 16.8. The molecule has 0 spiro atoms. The van der Waals surface area contributed by atoms with E-state index < -0.39 is 21.7 Å². The topological polar surface area (TPSA) is 149 Å². The van der Waals surface area contributed by atoms with Crippen LogP contribution in [0.3, 0.4) is 0 Å². The maximum Gasteiger partial charge on any atom is 0.320 e. The van der Waals surface area contributed by atoms with Gasteiger partial charge < -0.3 is 20.5 Å². The van der Waals surface area contributed by atoms with Crippen LogP contribution in [0.5, 0.6) is 5.75 Å². The normalized spacial score (nSPS) is 16.8. The number of nitrogens with two attached hydrogens (primary N) is 1. The van der Waals surface area contributed by atoms with Gasteiger partial charge in [-0.1, -0.05) is 36.8 Å². The minimum Gasteiger partial charge on any atom is -0.490 e. The molecule has 0 saturated carbocycles. The highest BCUT2D eigenvalue weighted by atomic mass is 32.2. The SMILES string of the molecule is N=C(N)c1cccc(C=CCN(c2ccc(OC3CCN(C4=NCCCCC4)CC3)cc2)S(=O)(=O)CC(=O)O)c1. The van der Waals surface area contributed by atoms with Gasteiger partial charge in [-0.25, -0.2) is 8.42 Å². The third-order valence-corrected chi connectivity index (χ3v) is 8.65. The molecule has 0 radical (unpaired) electrons. The van der Waals surface area contributed by atoms with Crippen molar-refractivity contribution >= 4 is 39.4 Å². The number of nitrogens with one attached hydrogen (secondary N) is 1. The lowest BCUT2D eigenvalue weighted by Crippen LogP contribution is -2.41. The van der Waals surface area contributed by atoms with Crippen LogP contribution >= 0.6 is 0 Å². The first-order valence-corrected chi connectivity index (χ1v) is 15.2. The quantitative estimate of drug-likeness (QED) is 0.293. The lowest BCUT2D eigenvalue weighted by atomic mass is 10.1. The molecule has 2 aromatic carbocycles. The summed E-state index contributed by atoms with van der Waals surface area (Å²) in [6.45, 7) is 2.66. The van der Waals surface area contributed by atoms with Gasteiger partial charge in [-0.2, -0.15) is 0 Å². The highest BCUT2D eigenvalue weighted by molar-refractivity contribution is 7.93. The van der Waals surface area contributed by atoms with Crippen LogP contribution in [-0.2, 0) is 14.8 Å². The maximum absolute atomic E-state index is 12.9. The molecule has 2 aliphatic heterocycles. The van der Waals surface area contributed by atoms with Gasteiger partial charge in [0.1, 0.15) is 17.7 Å². The Hall–Kier alpha value is -3.86. The molecule has 4 rings (SSSR count). The summed E-state index contributed by atoms with van der Waals surface area (Å²) in [5.41, 5.74) is 7.19. The van der Waals surface area contributed by atoms with Crippen LogP contribution in [0.1, 0.15) is 49.7 Å². The molecule has 4 N–H and O–H groups in total. The first kappa shape index (κ1) is 29.1. The number of carbonyl (C=O) groups is 1. The number of nitrogens with zero attached hydrogens (tertiary/aromatic N) is 3. The Morgan fingerprint density at radius 2 is 1.90 bits per heavy atom. The average molecular weight is 568 g/mol. The van der Waals surface area contributed by atoms with E-state index in [0.717, 1.165) is 48.8 Å². The Bertz CT molecular complexity index is 1350. The van der Waals surface area contributed by atoms with Crippen molar-refractivity contribution < 1.29 is 23.1 Å². The fourth-order valence-electron chi connectivity index (χ4n) is 4.94. The molecule has 0 aromatic heterocycles. The summed E-state index contributed by atoms with van der Waals surface area (Å²) >= 11 is 0. The largest absolute Gasteiger partial charge is 0.490 e. The molecular formula is C29H37N5O5S. The van der Waals surface area contributed by atoms with E-state index in [-0.39, 0.29) is 18.5 Å². The van der Waals surface area contributed by atoms with Gasteiger partial charge in [0, 0.05) is 44.5 Å². The Morgan fingerprint density at radius 3 is 2.60 bits per heavy atom. The highest BCUT2D eigenvalue weighted by Gasteiger charge is 2.26. The van der Waals surface area contributed by atoms with Crippen LogP contribution in [0, 0.1) is 5.41 Å². The number of aliphatic carboxylic acids is 1. The van der Waals surface area contributed by atoms with Crippen molar-refractivity contribution in [1.29, 1.82) is 5.41 Å². The molecule has 2 heterocycles. The Kier molecular flexibility index (Phi) is 9.81. The second kappa shape index (κ2) is 13.5. The van der Waals surface area contributed by atoms with Gasteiger partial charge in [0.05, 0.1) is 18.1 Å². The average Bonchev–Trinajstić information content (AvgIpc) is 3.21. The van der Waals surface area contributed by atoms with E-state index in [4.69, 9.17) is 20.9 Å². The third-order valence-electron chi connectivity index (χ3n) is 7.01. The summed E-state index contributed by atoms with van der Waals surface area (Å²) in [4.78, 5) is 18.4. The van der Waals surface area contributed by atoms with Crippen molar-refractivity contribution in [3.05, 3.63) is 65.7 Å². The molecule has 40 heavy (non-hydrogen) atoms. The molecule has 0 atom stereocenters. The number of carboxylic acids is 1. The monoisotopic (exact) mass is 567 g/mol. The van der Waals surface area contributed by atoms with Gasteiger partial charge in [0.2, 0.25) is 10.0 Å². The van der Waals surface area contributed by atoms with E-state index in [1.165, 1.54) is 25.1 Å². The molecule has 0 unspecified atom stereocenters. The summed E-state index contributed by atoms with van der Waals surface area (Å²) in [6, 6.07) is 13.7. The van der Waals surface area contributed by atoms with Gasteiger partial charge >= 0.3 is 5.97 Å². The second-order valence-electron chi connectivity index (χ2n) is 10.0. The number of amidine groups is 2. The van der Waals surface area contributed by atoms with Crippen LogP contribution in [-0.4, -0.2) is 74.1 Å². The molecule has 0 amide bonds. The van der Waals surface area contributed by atoms with Crippen LogP contribution in [0.2, 0.25) is 0 Å². The van der Waals surface area contributed by atoms with Gasteiger partial charge in [-0.05, 0) is 48.7 Å². The molecule has 1 fully saturated rings. The standard InChI is InChI=1S/C29H37N5O5S/c30-29(31)23-8-4-6-22(20-23)7-5-17-34(40(37,38)21-28(35)36)24-10-12-25(13-11-24)39-26-14-18-33(19-15-26)27-9-2-1-3-16-32-27/h4-8,10-13,20,26H,1-3,9,14-19,21H2,(H3,30,31)(H,35,36). The molecule has 1 saturated heterocycles. The number of sulfonamides is 1. The summed E-state index contributed by atoms with van der Waals surface area (Å²) in [7, 11) is -4.14. The van der Waals surface area contributed by atoms with Crippen molar-refractivity contribution in [2.45, 2.75) is 44.6 Å². The Morgan fingerprint density at radius 1 is 1.15 bits per heavy atom. The zero-order valence-electron chi connectivity index (χ0n) is 22.5. The van der Waals surface area contributed by atoms with E-state index in [2.05, 4.69) is 4.90 Å². The predicted molar refractivity (Wildman–Crippen MR) is 158 cm³/mol. The number of ether oxygens (including phenoxy) is 1. The zero-order chi connectivity index (χ0) is 28.5. The van der Waals surface area contributed by atoms with Crippen molar-refractivity contribution in [2.75, 3.05) is 36.2 Å². The van der Waals surface area contributed by atoms with Crippen LogP contribution in [0.4, 0.5) is 5.69 Å². The number of aliphatic imine (C=N–C) groups is 1. The van der Waals surface area contributed by atoms with Crippen molar-refractivity contribution in [1.82, 2.24) is 4.90 Å². The summed E-state index contributed by atoms with van der Waals surface area (Å²) < 4.78 is 33.1. The number of piperidine rings is 1. The van der Waals surface area contributed by atoms with E-state index in [0.29, 0.717) is 17.0 Å². The molecule has 0 aliphatic carbocycles. The Labute approximate surface area is 235 Å². The fraction of sp³-hybridized carbons (Fsp3) is 0.414. The predicted octanol–water partition coefficient (Wildman–Crippen LogP) is 3.72. The van der Waals surface area contributed by atoms with Crippen LogP contribution in [0.15, 0.2) is 59.6 Å². The molecule has 10 nitrogen and oxygen atoms in total. The number of likely N-dealkylation sites (tertiary alicyclic amines) is 1. The Balaban J connectivity index is 1.41. The number of hydrogen-bond acceptors (Lipinski definition) is 7. The van der Waals surface area contributed by atoms with Crippen molar-refractivity contribution in [3.63, 3.8) is 0 Å². The van der Waals surface area contributed by atoms with Crippen molar-refractivity contribution in [3.8, 4) is 5.75 Å². The summed E-state index contributed by atoms with van der Waals surface area (Å²) in [5.74, 6) is -0.653. The van der Waals surface area contributed by atoms with E-state index in [1.54, 1.807) is 60.7 Å². The lowest BCUT2D eigenvalue weighted by molar-refractivity contribution is -0.134. The molecule has 2 aliphatic rings. The number of hydrogen-bond donors (Lipinski definition) is 3. The van der Waals surface area contributed by atoms with Gasteiger partial charge in [-0.15, -0.1) is 0 Å². The molecule has 214 valence electrons.